The summed E-state index contributed by atoms with van der Waals surface area (Å²) < 4.78 is 27.6. The van der Waals surface area contributed by atoms with Gasteiger partial charge in [0, 0.05) is 19.2 Å². The van der Waals surface area contributed by atoms with E-state index in [-0.39, 0.29) is 47.5 Å². The molecule has 2 aromatic carbocycles. The number of aromatic nitrogens is 1. The minimum absolute atomic E-state index is 0.155. The molecule has 5 rings (SSSR count). The highest BCUT2D eigenvalue weighted by atomic mass is 35.5. The van der Waals surface area contributed by atoms with Crippen molar-refractivity contribution in [3.63, 3.8) is 0 Å². The van der Waals surface area contributed by atoms with Crippen LogP contribution in [0.4, 0.5) is 8.78 Å². The van der Waals surface area contributed by atoms with E-state index in [1.807, 2.05) is 0 Å². The number of guanidine groups is 1. The van der Waals surface area contributed by atoms with Crippen LogP contribution >= 0.6 is 11.6 Å². The highest BCUT2D eigenvalue weighted by Crippen LogP contribution is 2.41. The molecular weight excluding hydrogens is 512 g/mol. The number of rotatable bonds is 7. The van der Waals surface area contributed by atoms with Crippen LogP contribution in [0, 0.1) is 24.5 Å². The van der Waals surface area contributed by atoms with Crippen molar-refractivity contribution in [2.45, 2.75) is 32.4 Å². The molecule has 1 atom stereocenters. The molecule has 0 bridgehead atoms. The van der Waals surface area contributed by atoms with Gasteiger partial charge in [0.2, 0.25) is 5.96 Å². The van der Waals surface area contributed by atoms with E-state index in [2.05, 4.69) is 20.6 Å². The average Bonchev–Trinajstić information content (AvgIpc) is 3.66. The maximum Gasteiger partial charge on any atom is 0.270 e. The maximum absolute atomic E-state index is 13.9. The normalized spacial score (nSPS) is 15.9. The number of nitrogens with zero attached hydrogens (tertiary/aromatic N) is 3. The number of benzene rings is 2. The Kier molecular flexibility index (Phi) is 7.12. The van der Waals surface area contributed by atoms with E-state index < -0.39 is 11.7 Å². The predicted molar refractivity (Wildman–Crippen MR) is 141 cm³/mol. The van der Waals surface area contributed by atoms with Gasteiger partial charge in [-0.3, -0.25) is 9.59 Å². The van der Waals surface area contributed by atoms with Gasteiger partial charge in [-0.2, -0.15) is 4.99 Å². The smallest absolute Gasteiger partial charge is 0.270 e. The molecule has 1 unspecified atom stereocenters. The minimum Gasteiger partial charge on any atom is -0.352 e. The van der Waals surface area contributed by atoms with Crippen molar-refractivity contribution in [1.29, 1.82) is 0 Å². The van der Waals surface area contributed by atoms with Crippen LogP contribution in [0.15, 0.2) is 53.5 Å². The second kappa shape index (κ2) is 10.5. The zero-order valence-electron chi connectivity index (χ0n) is 20.9. The summed E-state index contributed by atoms with van der Waals surface area (Å²) in [6.45, 7) is 2.14. The Labute approximate surface area is 223 Å². The molecule has 1 aliphatic carbocycles. The molecule has 0 spiro atoms. The fourth-order valence-corrected chi connectivity index (χ4v) is 4.76. The van der Waals surface area contributed by atoms with Gasteiger partial charge in [0.15, 0.2) is 0 Å². The number of hydrogen-bond donors (Lipinski definition) is 2. The summed E-state index contributed by atoms with van der Waals surface area (Å²) in [5, 5.41) is 6.37. The summed E-state index contributed by atoms with van der Waals surface area (Å²) in [5.74, 6) is -0.728. The molecule has 196 valence electrons. The first-order valence-electron chi connectivity index (χ1n) is 12.3. The highest BCUT2D eigenvalue weighted by Gasteiger charge is 2.34. The van der Waals surface area contributed by atoms with E-state index in [4.69, 9.17) is 11.6 Å². The van der Waals surface area contributed by atoms with E-state index in [9.17, 15) is 18.4 Å². The predicted octanol–water partition coefficient (Wildman–Crippen LogP) is 4.79. The van der Waals surface area contributed by atoms with Crippen molar-refractivity contribution in [3.05, 3.63) is 87.6 Å². The van der Waals surface area contributed by atoms with Crippen LogP contribution < -0.4 is 10.6 Å². The maximum atomic E-state index is 13.9. The zero-order chi connectivity index (χ0) is 27.0. The van der Waals surface area contributed by atoms with Crippen LogP contribution in [0.2, 0.25) is 5.02 Å². The number of aryl methyl sites for hydroxylation is 1. The van der Waals surface area contributed by atoms with E-state index in [1.165, 1.54) is 24.3 Å². The second-order valence-corrected chi connectivity index (χ2v) is 10.1. The number of nitrogens with one attached hydrogen (secondary N) is 2. The number of halogens is 3. The Morgan fingerprint density at radius 2 is 1.95 bits per heavy atom. The molecule has 0 radical (unpaired) electrons. The third-order valence-electron chi connectivity index (χ3n) is 6.66. The van der Waals surface area contributed by atoms with Gasteiger partial charge in [0.05, 0.1) is 16.8 Å². The summed E-state index contributed by atoms with van der Waals surface area (Å²) in [5.41, 5.74) is 3.07. The van der Waals surface area contributed by atoms with Gasteiger partial charge in [-0.1, -0.05) is 23.7 Å². The fraction of sp³-hybridized carbons (Fsp3) is 0.286. The molecule has 1 aromatic heterocycles. The third-order valence-corrected chi connectivity index (χ3v) is 6.97. The van der Waals surface area contributed by atoms with Crippen LogP contribution in [0.1, 0.15) is 46.1 Å². The van der Waals surface area contributed by atoms with Crippen molar-refractivity contribution in [2.24, 2.45) is 10.9 Å². The third kappa shape index (κ3) is 5.67. The SMILES string of the molecule is Cc1cc(C(NC(=O)c2cc(CNC3=NC(=O)CN3C)cc(-c3ccc(F)cc3Cl)n2)C2CC2)ccc1F. The number of carbonyl (C=O) groups is 2. The van der Waals surface area contributed by atoms with Crippen LogP contribution in [-0.4, -0.2) is 41.3 Å². The Hall–Kier alpha value is -3.85. The summed E-state index contributed by atoms with van der Waals surface area (Å²) in [6, 6.07) is 12.0. The standard InChI is InChI=1S/C28H26ClF2N5O2/c1-15-9-18(5-8-22(15)31)26(17-3-4-17)35-27(38)24-11-16(13-32-28-34-25(37)14-36(28)2)10-23(33-24)20-7-6-19(30)12-21(20)29/h5-12,17,26H,3-4,13-14H2,1-2H3,(H,35,38)(H,32,34,37). The first-order valence-corrected chi connectivity index (χ1v) is 12.7. The van der Waals surface area contributed by atoms with Gasteiger partial charge >= 0.3 is 0 Å². The van der Waals surface area contributed by atoms with Crippen LogP contribution in [0.3, 0.4) is 0 Å². The van der Waals surface area contributed by atoms with Crippen molar-refractivity contribution in [3.8, 4) is 11.3 Å². The Morgan fingerprint density at radius 1 is 1.16 bits per heavy atom. The Morgan fingerprint density at radius 3 is 2.61 bits per heavy atom. The molecule has 2 N–H and O–H groups in total. The van der Waals surface area contributed by atoms with Gasteiger partial charge in [0.1, 0.15) is 23.9 Å². The fourth-order valence-electron chi connectivity index (χ4n) is 4.49. The number of pyridine rings is 1. The van der Waals surface area contributed by atoms with Gasteiger partial charge < -0.3 is 15.5 Å². The van der Waals surface area contributed by atoms with Crippen LogP contribution in [0.5, 0.6) is 0 Å². The lowest BCUT2D eigenvalue weighted by atomic mass is 9.99. The first kappa shape index (κ1) is 25.8. The lowest BCUT2D eigenvalue weighted by molar-refractivity contribution is -0.116. The Balaban J connectivity index is 1.46. The number of likely N-dealkylation sites (N-methyl/N-ethyl adjacent to an activating group) is 1. The summed E-state index contributed by atoms with van der Waals surface area (Å²) in [4.78, 5) is 35.4. The van der Waals surface area contributed by atoms with Gasteiger partial charge in [-0.05, 0) is 78.8 Å². The van der Waals surface area contributed by atoms with Crippen molar-refractivity contribution < 1.29 is 18.4 Å². The van der Waals surface area contributed by atoms with E-state index in [0.29, 0.717) is 28.3 Å². The van der Waals surface area contributed by atoms with E-state index in [0.717, 1.165) is 18.4 Å². The van der Waals surface area contributed by atoms with Crippen molar-refractivity contribution in [2.75, 3.05) is 13.6 Å². The largest absolute Gasteiger partial charge is 0.352 e. The first-order chi connectivity index (χ1) is 18.2. The molecule has 0 saturated heterocycles. The lowest BCUT2D eigenvalue weighted by Crippen LogP contribution is -2.35. The molecule has 1 saturated carbocycles. The second-order valence-electron chi connectivity index (χ2n) is 9.71. The van der Waals surface area contributed by atoms with Crippen molar-refractivity contribution >= 4 is 29.4 Å². The number of carbonyl (C=O) groups excluding carboxylic acids is 2. The van der Waals surface area contributed by atoms with Gasteiger partial charge in [-0.15, -0.1) is 0 Å². The van der Waals surface area contributed by atoms with E-state index >= 15 is 0 Å². The summed E-state index contributed by atoms with van der Waals surface area (Å²) in [7, 11) is 1.75. The van der Waals surface area contributed by atoms with E-state index in [1.54, 1.807) is 43.1 Å². The molecule has 7 nitrogen and oxygen atoms in total. The summed E-state index contributed by atoms with van der Waals surface area (Å²) >= 11 is 6.32. The molecule has 1 aliphatic heterocycles. The highest BCUT2D eigenvalue weighted by molar-refractivity contribution is 6.33. The minimum atomic E-state index is -0.483. The molecule has 3 aromatic rings. The number of amides is 2. The summed E-state index contributed by atoms with van der Waals surface area (Å²) in [6.07, 6.45) is 1.92. The molecule has 38 heavy (non-hydrogen) atoms. The van der Waals surface area contributed by atoms with Gasteiger partial charge in [-0.25, -0.2) is 13.8 Å². The van der Waals surface area contributed by atoms with Gasteiger partial charge in [0.25, 0.3) is 11.8 Å². The molecule has 1 fully saturated rings. The average molecular weight is 538 g/mol. The Bertz CT molecular complexity index is 1460. The zero-order valence-corrected chi connectivity index (χ0v) is 21.6. The monoisotopic (exact) mass is 537 g/mol. The van der Waals surface area contributed by atoms with Crippen LogP contribution in [-0.2, 0) is 11.3 Å². The molecule has 2 aliphatic rings. The molecule has 10 heteroatoms. The number of hydrogen-bond acceptors (Lipinski definition) is 5. The molecular formula is C28H26ClF2N5O2. The topological polar surface area (TPSA) is 86.7 Å². The lowest BCUT2D eigenvalue weighted by Gasteiger charge is -2.20. The molecule has 2 heterocycles. The molecule has 2 amide bonds. The quantitative estimate of drug-likeness (QED) is 0.453. The van der Waals surface area contributed by atoms with Crippen LogP contribution in [0.25, 0.3) is 11.3 Å². The van der Waals surface area contributed by atoms with Crippen molar-refractivity contribution in [1.82, 2.24) is 20.5 Å². The number of aliphatic imine (C=N–C) groups is 1.